The van der Waals surface area contributed by atoms with E-state index in [9.17, 15) is 0 Å². The van der Waals surface area contributed by atoms with Gasteiger partial charge in [-0.2, -0.15) is 0 Å². The van der Waals surface area contributed by atoms with E-state index in [1.807, 2.05) is 0 Å². The number of anilines is 1. The van der Waals surface area contributed by atoms with Crippen LogP contribution < -0.4 is 5.32 Å². The van der Waals surface area contributed by atoms with Gasteiger partial charge in [-0.25, -0.2) is 9.97 Å². The van der Waals surface area contributed by atoms with Crippen molar-refractivity contribution in [3.05, 3.63) is 16.9 Å². The smallest absolute Gasteiger partial charge is 0.288 e. The van der Waals surface area contributed by atoms with Crippen molar-refractivity contribution in [2.45, 2.75) is 6.92 Å². The van der Waals surface area contributed by atoms with Crippen LogP contribution in [0.15, 0.2) is 6.07 Å². The number of aryl methyl sites for hydroxylation is 1. The maximum atomic E-state index is 7.16. The first kappa shape index (κ1) is 9.73. The van der Waals surface area contributed by atoms with Gasteiger partial charge in [0.25, 0.3) is 6.02 Å². The third-order valence-corrected chi connectivity index (χ3v) is 1.45. The van der Waals surface area contributed by atoms with Crippen LogP contribution in [-0.2, 0) is 4.74 Å². The lowest BCUT2D eigenvalue weighted by Crippen LogP contribution is -2.14. The minimum atomic E-state index is -0.123. The lowest BCUT2D eigenvalue weighted by Gasteiger charge is -2.04. The van der Waals surface area contributed by atoms with E-state index < -0.39 is 0 Å². The molecule has 0 unspecified atom stereocenters. The van der Waals surface area contributed by atoms with Gasteiger partial charge in [-0.15, -0.1) is 0 Å². The number of halogens is 1. The Hall–Kier alpha value is -1.36. The van der Waals surface area contributed by atoms with Crippen molar-refractivity contribution in [1.29, 1.82) is 5.41 Å². The Morgan fingerprint density at radius 2 is 2.31 bits per heavy atom. The summed E-state index contributed by atoms with van der Waals surface area (Å²) in [6.07, 6.45) is 0. The van der Waals surface area contributed by atoms with Crippen molar-refractivity contribution in [3.8, 4) is 0 Å². The molecule has 1 aromatic rings. The van der Waals surface area contributed by atoms with E-state index in [1.165, 1.54) is 7.11 Å². The van der Waals surface area contributed by atoms with Crippen LogP contribution >= 0.6 is 11.6 Å². The predicted octanol–water partition coefficient (Wildman–Crippen LogP) is 1.43. The molecule has 0 aliphatic carbocycles. The number of nitrogens with one attached hydrogen (secondary N) is 2. The molecule has 0 aromatic carbocycles. The highest BCUT2D eigenvalue weighted by Gasteiger charge is 2.02. The van der Waals surface area contributed by atoms with Gasteiger partial charge in [0.05, 0.1) is 7.11 Å². The summed E-state index contributed by atoms with van der Waals surface area (Å²) >= 11 is 5.67. The first-order valence-corrected chi connectivity index (χ1v) is 3.90. The molecule has 70 valence electrons. The normalized spacial score (nSPS) is 9.46. The first-order chi connectivity index (χ1) is 6.11. The van der Waals surface area contributed by atoms with E-state index in [4.69, 9.17) is 17.0 Å². The Morgan fingerprint density at radius 3 is 2.85 bits per heavy atom. The summed E-state index contributed by atoms with van der Waals surface area (Å²) in [4.78, 5) is 7.84. The van der Waals surface area contributed by atoms with Crippen LogP contribution in [-0.4, -0.2) is 23.1 Å². The van der Waals surface area contributed by atoms with Gasteiger partial charge in [0, 0.05) is 5.69 Å². The molecule has 1 heterocycles. The Balaban J connectivity index is 2.83. The zero-order chi connectivity index (χ0) is 9.84. The van der Waals surface area contributed by atoms with Gasteiger partial charge >= 0.3 is 0 Å². The van der Waals surface area contributed by atoms with Gasteiger partial charge in [-0.05, 0) is 13.0 Å². The summed E-state index contributed by atoms with van der Waals surface area (Å²) in [6, 6.07) is 1.50. The number of nitrogens with zero attached hydrogens (tertiary/aromatic N) is 2. The monoisotopic (exact) mass is 200 g/mol. The number of ether oxygens (including phenoxy) is 1. The van der Waals surface area contributed by atoms with Crippen LogP contribution in [0.3, 0.4) is 0 Å². The Morgan fingerprint density at radius 1 is 1.62 bits per heavy atom. The number of aromatic nitrogens is 2. The van der Waals surface area contributed by atoms with Crippen molar-refractivity contribution in [3.63, 3.8) is 0 Å². The van der Waals surface area contributed by atoms with E-state index >= 15 is 0 Å². The maximum Gasteiger partial charge on any atom is 0.288 e. The number of hydrogen-bond acceptors (Lipinski definition) is 4. The molecule has 0 spiro atoms. The summed E-state index contributed by atoms with van der Waals surface area (Å²) in [5, 5.41) is 10.0. The number of hydrogen-bond donors (Lipinski definition) is 2. The lowest BCUT2D eigenvalue weighted by molar-refractivity contribution is 0.398. The molecule has 0 aliphatic heterocycles. The number of methoxy groups -OCH3 is 1. The molecule has 0 atom stereocenters. The van der Waals surface area contributed by atoms with Crippen molar-refractivity contribution in [2.24, 2.45) is 0 Å². The van der Waals surface area contributed by atoms with Crippen molar-refractivity contribution in [1.82, 2.24) is 9.97 Å². The second-order valence-electron chi connectivity index (χ2n) is 2.31. The maximum absolute atomic E-state index is 7.16. The Kier molecular flexibility index (Phi) is 3.02. The molecule has 0 amide bonds. The van der Waals surface area contributed by atoms with Crippen LogP contribution in [0.1, 0.15) is 5.69 Å². The summed E-state index contributed by atoms with van der Waals surface area (Å²) in [5.41, 5.74) is 0.728. The molecular weight excluding hydrogens is 192 g/mol. The highest BCUT2D eigenvalue weighted by Crippen LogP contribution is 2.09. The molecule has 13 heavy (non-hydrogen) atoms. The van der Waals surface area contributed by atoms with E-state index in [-0.39, 0.29) is 12.0 Å². The van der Waals surface area contributed by atoms with Crippen LogP contribution in [0, 0.1) is 12.3 Å². The number of amidine groups is 1. The molecule has 0 aliphatic rings. The molecule has 0 saturated heterocycles. The second-order valence-corrected chi connectivity index (χ2v) is 2.70. The van der Waals surface area contributed by atoms with Gasteiger partial charge in [0.15, 0.2) is 0 Å². The Labute approximate surface area is 80.6 Å². The van der Waals surface area contributed by atoms with Gasteiger partial charge in [-0.1, -0.05) is 11.6 Å². The first-order valence-electron chi connectivity index (χ1n) is 3.52. The van der Waals surface area contributed by atoms with Gasteiger partial charge in [0.1, 0.15) is 5.15 Å². The van der Waals surface area contributed by atoms with Crippen molar-refractivity contribution >= 4 is 23.6 Å². The highest BCUT2D eigenvalue weighted by molar-refractivity contribution is 6.29. The molecule has 1 rings (SSSR count). The largest absolute Gasteiger partial charge is 0.468 e. The van der Waals surface area contributed by atoms with Gasteiger partial charge < -0.3 is 4.74 Å². The topological polar surface area (TPSA) is 70.9 Å². The molecule has 0 fully saturated rings. The average Bonchev–Trinajstić information content (AvgIpc) is 2.02. The van der Waals surface area contributed by atoms with Crippen molar-refractivity contribution < 1.29 is 4.74 Å². The third kappa shape index (κ3) is 2.87. The van der Waals surface area contributed by atoms with E-state index in [0.717, 1.165) is 5.69 Å². The third-order valence-electron chi connectivity index (χ3n) is 1.25. The van der Waals surface area contributed by atoms with E-state index in [2.05, 4.69) is 20.0 Å². The van der Waals surface area contributed by atoms with Crippen LogP contribution in [0.2, 0.25) is 5.15 Å². The molecule has 0 radical (unpaired) electrons. The minimum Gasteiger partial charge on any atom is -0.468 e. The molecule has 0 saturated carbocycles. The fourth-order valence-electron chi connectivity index (χ4n) is 0.739. The number of rotatable bonds is 1. The molecule has 1 aromatic heterocycles. The summed E-state index contributed by atoms with van der Waals surface area (Å²) in [5.74, 6) is 0.261. The summed E-state index contributed by atoms with van der Waals surface area (Å²) in [7, 11) is 1.38. The van der Waals surface area contributed by atoms with Gasteiger partial charge in [0.2, 0.25) is 5.95 Å². The summed E-state index contributed by atoms with van der Waals surface area (Å²) in [6.45, 7) is 1.79. The van der Waals surface area contributed by atoms with Crippen molar-refractivity contribution in [2.75, 3.05) is 12.4 Å². The Bertz CT molecular complexity index is 308. The molecule has 2 N–H and O–H groups in total. The zero-order valence-electron chi connectivity index (χ0n) is 7.26. The van der Waals surface area contributed by atoms with Crippen LogP contribution in [0.4, 0.5) is 5.95 Å². The summed E-state index contributed by atoms with van der Waals surface area (Å²) < 4.78 is 4.58. The lowest BCUT2D eigenvalue weighted by atomic mass is 10.5. The standard InChI is InChI=1S/C7H9ClN4O/c1-4-3-5(8)11-7(10-4)12-6(9)13-2/h3H,1-2H3,(H2,9,10,11,12). The molecule has 0 bridgehead atoms. The fraction of sp³-hybridized carbons (Fsp3) is 0.286. The predicted molar refractivity (Wildman–Crippen MR) is 50.1 cm³/mol. The minimum absolute atomic E-state index is 0.123. The second kappa shape index (κ2) is 4.04. The molecule has 5 nitrogen and oxygen atoms in total. The van der Waals surface area contributed by atoms with E-state index in [0.29, 0.717) is 5.15 Å². The zero-order valence-corrected chi connectivity index (χ0v) is 8.01. The van der Waals surface area contributed by atoms with Gasteiger partial charge in [-0.3, -0.25) is 10.7 Å². The average molecular weight is 201 g/mol. The molecule has 6 heteroatoms. The quantitative estimate of drug-likeness (QED) is 0.409. The fourth-order valence-corrected chi connectivity index (χ4v) is 0.977. The van der Waals surface area contributed by atoms with E-state index in [1.54, 1.807) is 13.0 Å². The SMILES string of the molecule is COC(=N)Nc1nc(C)cc(Cl)n1. The van der Waals surface area contributed by atoms with Crippen LogP contribution in [0.25, 0.3) is 0 Å². The molecular formula is C7H9ClN4O. The highest BCUT2D eigenvalue weighted by atomic mass is 35.5. The van der Waals surface area contributed by atoms with Crippen LogP contribution in [0.5, 0.6) is 0 Å².